The summed E-state index contributed by atoms with van der Waals surface area (Å²) in [5.74, 6) is 0. The maximum atomic E-state index is 11.4. The molecule has 2 aromatic carbocycles. The van der Waals surface area contributed by atoms with Gasteiger partial charge in [0.1, 0.15) is 6.07 Å². The number of halogens is 4. The SMILES string of the molecule is CON(C)C(=O)Nc1ccc(Cl)c(Cl)c1.N#Cc1c(Cl)cccc1Cl. The Hall–Kier alpha value is -1.68. The summed E-state index contributed by atoms with van der Waals surface area (Å²) in [6.45, 7) is 0. The van der Waals surface area contributed by atoms with Crippen LogP contribution in [0.25, 0.3) is 0 Å². The van der Waals surface area contributed by atoms with Crippen LogP contribution in [0.15, 0.2) is 36.4 Å². The molecule has 2 rings (SSSR count). The number of rotatable bonds is 2. The van der Waals surface area contributed by atoms with Crippen molar-refractivity contribution in [3.63, 3.8) is 0 Å². The van der Waals surface area contributed by atoms with Crippen molar-refractivity contribution in [2.24, 2.45) is 0 Å². The van der Waals surface area contributed by atoms with E-state index in [4.69, 9.17) is 56.5 Å². The quantitative estimate of drug-likeness (QED) is 0.616. The molecule has 0 unspecified atom stereocenters. The molecule has 0 aliphatic heterocycles. The molecule has 0 aromatic heterocycles. The van der Waals surface area contributed by atoms with E-state index in [9.17, 15) is 4.79 Å². The molecule has 1 N–H and O–H groups in total. The zero-order valence-electron chi connectivity index (χ0n) is 13.2. The summed E-state index contributed by atoms with van der Waals surface area (Å²) in [6, 6.07) is 11.3. The monoisotopic (exact) mass is 419 g/mol. The third-order valence-corrected chi connectivity index (χ3v) is 4.17. The lowest BCUT2D eigenvalue weighted by Crippen LogP contribution is -2.30. The minimum Gasteiger partial charge on any atom is -0.306 e. The molecular formula is C16H13Cl4N3O2. The fourth-order valence-electron chi connectivity index (χ4n) is 1.46. The van der Waals surface area contributed by atoms with Crippen LogP contribution in [0.5, 0.6) is 0 Å². The number of hydrogen-bond acceptors (Lipinski definition) is 3. The number of anilines is 1. The van der Waals surface area contributed by atoms with Crippen molar-refractivity contribution in [2.45, 2.75) is 0 Å². The highest BCUT2D eigenvalue weighted by Gasteiger charge is 2.08. The van der Waals surface area contributed by atoms with Gasteiger partial charge in [0, 0.05) is 12.7 Å². The van der Waals surface area contributed by atoms with E-state index in [0.717, 1.165) is 5.06 Å². The lowest BCUT2D eigenvalue weighted by atomic mass is 10.2. The smallest absolute Gasteiger partial charge is 0.306 e. The topological polar surface area (TPSA) is 65.4 Å². The Balaban J connectivity index is 0.000000271. The first kappa shape index (κ1) is 21.4. The van der Waals surface area contributed by atoms with Gasteiger partial charge in [-0.2, -0.15) is 5.26 Å². The summed E-state index contributed by atoms with van der Waals surface area (Å²) in [5, 5.41) is 13.7. The second kappa shape index (κ2) is 10.3. The number of nitrogens with one attached hydrogen (secondary N) is 1. The maximum absolute atomic E-state index is 11.4. The molecule has 0 aliphatic carbocycles. The highest BCUT2D eigenvalue weighted by Crippen LogP contribution is 2.25. The number of hydrogen-bond donors (Lipinski definition) is 1. The van der Waals surface area contributed by atoms with Crippen LogP contribution < -0.4 is 5.32 Å². The van der Waals surface area contributed by atoms with Crippen molar-refractivity contribution in [2.75, 3.05) is 19.5 Å². The molecule has 0 atom stereocenters. The number of hydroxylamine groups is 2. The molecule has 2 amide bonds. The molecule has 0 radical (unpaired) electrons. The summed E-state index contributed by atoms with van der Waals surface area (Å²) < 4.78 is 0. The van der Waals surface area contributed by atoms with Gasteiger partial charge < -0.3 is 5.32 Å². The molecular weight excluding hydrogens is 408 g/mol. The van der Waals surface area contributed by atoms with E-state index in [2.05, 4.69) is 5.32 Å². The molecule has 0 fully saturated rings. The van der Waals surface area contributed by atoms with Crippen LogP contribution in [-0.4, -0.2) is 25.3 Å². The number of nitriles is 1. The molecule has 0 heterocycles. The first-order valence-electron chi connectivity index (χ1n) is 6.68. The van der Waals surface area contributed by atoms with Gasteiger partial charge in [0.2, 0.25) is 0 Å². The summed E-state index contributed by atoms with van der Waals surface area (Å²) in [4.78, 5) is 16.1. The zero-order valence-corrected chi connectivity index (χ0v) is 16.2. The average molecular weight is 421 g/mol. The van der Waals surface area contributed by atoms with E-state index in [1.54, 1.807) is 36.4 Å². The van der Waals surface area contributed by atoms with Crippen LogP contribution in [0, 0.1) is 11.3 Å². The van der Waals surface area contributed by atoms with Crippen molar-refractivity contribution in [1.29, 1.82) is 5.26 Å². The molecule has 0 saturated carbocycles. The van der Waals surface area contributed by atoms with Crippen molar-refractivity contribution < 1.29 is 9.63 Å². The van der Waals surface area contributed by atoms with E-state index in [1.807, 2.05) is 6.07 Å². The van der Waals surface area contributed by atoms with Crippen molar-refractivity contribution >= 4 is 58.1 Å². The number of amides is 2. The number of carbonyl (C=O) groups is 1. The standard InChI is InChI=1S/C9H10Cl2N2O2.C7H3Cl2N/c1-13(15-2)9(14)12-6-3-4-7(10)8(11)5-6;8-6-2-1-3-7(9)5(6)4-10/h3-5H,1-2H3,(H,12,14);1-3H. The van der Waals surface area contributed by atoms with Gasteiger partial charge in [-0.3, -0.25) is 4.84 Å². The van der Waals surface area contributed by atoms with Crippen molar-refractivity contribution in [3.05, 3.63) is 62.1 Å². The Morgan fingerprint density at radius 1 is 1.08 bits per heavy atom. The van der Waals surface area contributed by atoms with Gasteiger partial charge in [0.25, 0.3) is 0 Å². The van der Waals surface area contributed by atoms with Gasteiger partial charge in [0.15, 0.2) is 0 Å². The Morgan fingerprint density at radius 2 is 1.68 bits per heavy atom. The van der Waals surface area contributed by atoms with Gasteiger partial charge in [-0.05, 0) is 30.3 Å². The van der Waals surface area contributed by atoms with Crippen LogP contribution in [0.1, 0.15) is 5.56 Å². The van der Waals surface area contributed by atoms with Gasteiger partial charge in [-0.25, -0.2) is 9.86 Å². The maximum Gasteiger partial charge on any atom is 0.345 e. The van der Waals surface area contributed by atoms with E-state index < -0.39 is 6.03 Å². The first-order chi connectivity index (χ1) is 11.8. The number of benzene rings is 2. The minimum absolute atomic E-state index is 0.339. The van der Waals surface area contributed by atoms with E-state index in [0.29, 0.717) is 31.3 Å². The van der Waals surface area contributed by atoms with Crippen LogP contribution in [-0.2, 0) is 4.84 Å². The van der Waals surface area contributed by atoms with Gasteiger partial charge in [-0.15, -0.1) is 0 Å². The van der Waals surface area contributed by atoms with Crippen LogP contribution in [0.3, 0.4) is 0 Å². The van der Waals surface area contributed by atoms with Crippen molar-refractivity contribution in [3.8, 4) is 6.07 Å². The molecule has 0 saturated heterocycles. The molecule has 0 spiro atoms. The average Bonchev–Trinajstić information content (AvgIpc) is 2.58. The predicted octanol–water partition coefficient (Wildman–Crippen LogP) is 5.88. The van der Waals surface area contributed by atoms with Crippen molar-refractivity contribution in [1.82, 2.24) is 5.06 Å². The van der Waals surface area contributed by atoms with Gasteiger partial charge in [-0.1, -0.05) is 52.5 Å². The fourth-order valence-corrected chi connectivity index (χ4v) is 2.24. The third-order valence-electron chi connectivity index (χ3n) is 2.81. The van der Waals surface area contributed by atoms with Crippen LogP contribution in [0.4, 0.5) is 10.5 Å². The van der Waals surface area contributed by atoms with Crippen LogP contribution >= 0.6 is 46.4 Å². The summed E-state index contributed by atoms with van der Waals surface area (Å²) in [7, 11) is 2.89. The van der Waals surface area contributed by atoms with Gasteiger partial charge >= 0.3 is 6.03 Å². The van der Waals surface area contributed by atoms with E-state index in [1.165, 1.54) is 14.2 Å². The number of carbonyl (C=O) groups excluding carboxylic acids is 1. The van der Waals surface area contributed by atoms with E-state index >= 15 is 0 Å². The third kappa shape index (κ3) is 6.62. The number of nitrogens with zero attached hydrogens (tertiary/aromatic N) is 2. The first-order valence-corrected chi connectivity index (χ1v) is 8.19. The number of urea groups is 1. The molecule has 5 nitrogen and oxygen atoms in total. The molecule has 9 heteroatoms. The molecule has 132 valence electrons. The Morgan fingerprint density at radius 3 is 2.12 bits per heavy atom. The zero-order chi connectivity index (χ0) is 19.0. The Kier molecular flexibility index (Phi) is 8.84. The molecule has 0 aliphatic rings. The lowest BCUT2D eigenvalue weighted by Gasteiger charge is -2.14. The highest BCUT2D eigenvalue weighted by atomic mass is 35.5. The minimum atomic E-state index is -0.393. The summed E-state index contributed by atoms with van der Waals surface area (Å²) >= 11 is 22.8. The summed E-state index contributed by atoms with van der Waals surface area (Å²) in [6.07, 6.45) is 0. The highest BCUT2D eigenvalue weighted by molar-refractivity contribution is 6.42. The lowest BCUT2D eigenvalue weighted by molar-refractivity contribution is -0.0598. The Bertz CT molecular complexity index is 773. The fraction of sp³-hybridized carbons (Fsp3) is 0.125. The largest absolute Gasteiger partial charge is 0.345 e. The second-order valence-electron chi connectivity index (χ2n) is 4.45. The van der Waals surface area contributed by atoms with Gasteiger partial charge in [0.05, 0.1) is 32.8 Å². The Labute approximate surface area is 165 Å². The summed E-state index contributed by atoms with van der Waals surface area (Å²) in [5.41, 5.74) is 0.893. The van der Waals surface area contributed by atoms with Crippen LogP contribution in [0.2, 0.25) is 20.1 Å². The predicted molar refractivity (Wildman–Crippen MR) is 101 cm³/mol. The molecule has 25 heavy (non-hydrogen) atoms. The van der Waals surface area contributed by atoms with E-state index in [-0.39, 0.29) is 0 Å². The molecule has 2 aromatic rings. The normalized spacial score (nSPS) is 9.48. The molecule has 0 bridgehead atoms. The second-order valence-corrected chi connectivity index (χ2v) is 6.08.